The second kappa shape index (κ2) is 12.6. The molecule has 0 aromatic heterocycles. The van der Waals surface area contributed by atoms with E-state index in [1.807, 2.05) is 26.0 Å². The quantitative estimate of drug-likeness (QED) is 0.214. The molecule has 1 N–H and O–H groups in total. The Kier molecular flexibility index (Phi) is 9.62. The molecule has 0 radical (unpaired) electrons. The molecule has 0 saturated carbocycles. The zero-order valence-corrected chi connectivity index (χ0v) is 21.7. The number of nitrogens with zero attached hydrogens (tertiary/aromatic N) is 1. The number of hydrazone groups is 1. The van der Waals surface area contributed by atoms with Gasteiger partial charge >= 0.3 is 0 Å². The summed E-state index contributed by atoms with van der Waals surface area (Å²) >= 11 is 15.7. The summed E-state index contributed by atoms with van der Waals surface area (Å²) in [6.07, 6.45) is 1.53. The molecule has 0 aliphatic carbocycles. The number of halogens is 3. The van der Waals surface area contributed by atoms with Gasteiger partial charge in [0.25, 0.3) is 5.91 Å². The Labute approximate surface area is 216 Å². The van der Waals surface area contributed by atoms with Crippen molar-refractivity contribution in [3.63, 3.8) is 0 Å². The molecule has 0 atom stereocenters. The van der Waals surface area contributed by atoms with Gasteiger partial charge in [-0.1, -0.05) is 29.3 Å². The Balaban J connectivity index is 1.69. The minimum absolute atomic E-state index is 0.236. The van der Waals surface area contributed by atoms with Gasteiger partial charge in [-0.15, -0.1) is 0 Å². The molecule has 0 bridgehead atoms. The second-order valence-electron chi connectivity index (χ2n) is 6.94. The van der Waals surface area contributed by atoms with Crippen molar-refractivity contribution in [1.82, 2.24) is 5.43 Å². The fourth-order valence-corrected chi connectivity index (χ4v) is 3.99. The van der Waals surface area contributed by atoms with E-state index in [1.54, 1.807) is 42.5 Å². The van der Waals surface area contributed by atoms with Crippen molar-refractivity contribution in [2.75, 3.05) is 13.2 Å². The molecule has 178 valence electrons. The van der Waals surface area contributed by atoms with E-state index in [-0.39, 0.29) is 12.5 Å². The number of hydrogen-bond acceptors (Lipinski definition) is 5. The van der Waals surface area contributed by atoms with Gasteiger partial charge in [-0.3, -0.25) is 4.79 Å². The molecule has 0 heterocycles. The van der Waals surface area contributed by atoms with Crippen molar-refractivity contribution in [1.29, 1.82) is 0 Å². The smallest absolute Gasteiger partial charge is 0.271 e. The molecule has 1 amide bonds. The average Bonchev–Trinajstić information content (AvgIpc) is 2.80. The Morgan fingerprint density at radius 3 is 2.41 bits per heavy atom. The van der Waals surface area contributed by atoms with E-state index in [2.05, 4.69) is 26.5 Å². The summed E-state index contributed by atoms with van der Waals surface area (Å²) in [6, 6.07) is 15.7. The predicted octanol–water partition coefficient (Wildman–Crippen LogP) is 6.90. The molecule has 0 fully saturated rings. The summed E-state index contributed by atoms with van der Waals surface area (Å²) in [4.78, 5) is 12.3. The number of hydrogen-bond donors (Lipinski definition) is 1. The summed E-state index contributed by atoms with van der Waals surface area (Å²) in [5.74, 6) is 1.43. The van der Waals surface area contributed by atoms with Crippen LogP contribution in [0, 0.1) is 0 Å². The van der Waals surface area contributed by atoms with Gasteiger partial charge in [0.1, 0.15) is 12.4 Å². The van der Waals surface area contributed by atoms with Crippen LogP contribution in [0.4, 0.5) is 0 Å². The monoisotopic (exact) mass is 564 g/mol. The van der Waals surface area contributed by atoms with Gasteiger partial charge in [-0.25, -0.2) is 5.43 Å². The van der Waals surface area contributed by atoms with Crippen LogP contribution in [-0.2, 0) is 6.61 Å². The molecule has 9 heteroatoms. The number of benzene rings is 3. The van der Waals surface area contributed by atoms with E-state index in [1.165, 1.54) is 6.21 Å². The predicted molar refractivity (Wildman–Crippen MR) is 139 cm³/mol. The third-order valence-corrected chi connectivity index (χ3v) is 5.70. The Morgan fingerprint density at radius 2 is 1.74 bits per heavy atom. The number of amides is 1. The molecule has 3 rings (SSSR count). The highest BCUT2D eigenvalue weighted by molar-refractivity contribution is 9.10. The van der Waals surface area contributed by atoms with E-state index < -0.39 is 0 Å². The van der Waals surface area contributed by atoms with Crippen molar-refractivity contribution in [3.05, 3.63) is 85.8 Å². The minimum Gasteiger partial charge on any atom is -0.494 e. The van der Waals surface area contributed by atoms with Crippen molar-refractivity contribution in [2.24, 2.45) is 5.10 Å². The van der Waals surface area contributed by atoms with Crippen LogP contribution in [0.25, 0.3) is 0 Å². The first kappa shape index (κ1) is 25.9. The van der Waals surface area contributed by atoms with Crippen LogP contribution in [-0.4, -0.2) is 25.3 Å². The molecule has 3 aromatic rings. The Morgan fingerprint density at radius 1 is 1.00 bits per heavy atom. The molecular formula is C25H23BrCl2N2O4. The summed E-state index contributed by atoms with van der Waals surface area (Å²) in [7, 11) is 0. The van der Waals surface area contributed by atoms with Crippen molar-refractivity contribution < 1.29 is 19.0 Å². The first-order valence-electron chi connectivity index (χ1n) is 10.5. The molecule has 34 heavy (non-hydrogen) atoms. The normalized spacial score (nSPS) is 10.9. The maximum Gasteiger partial charge on any atom is 0.271 e. The van der Waals surface area contributed by atoms with Crippen LogP contribution >= 0.6 is 39.1 Å². The Bertz CT molecular complexity index is 1170. The van der Waals surface area contributed by atoms with E-state index in [4.69, 9.17) is 37.4 Å². The zero-order chi connectivity index (χ0) is 24.5. The molecule has 0 aliphatic rings. The fraction of sp³-hybridized carbons (Fsp3) is 0.200. The molecule has 3 aromatic carbocycles. The second-order valence-corrected chi connectivity index (χ2v) is 8.64. The highest BCUT2D eigenvalue weighted by atomic mass is 79.9. The third kappa shape index (κ3) is 7.13. The average molecular weight is 566 g/mol. The summed E-state index contributed by atoms with van der Waals surface area (Å²) < 4.78 is 17.8. The maximum atomic E-state index is 12.3. The molecule has 0 saturated heterocycles. The lowest BCUT2D eigenvalue weighted by Crippen LogP contribution is -2.17. The van der Waals surface area contributed by atoms with Gasteiger partial charge in [0.15, 0.2) is 11.5 Å². The van der Waals surface area contributed by atoms with Crippen LogP contribution in [0.1, 0.15) is 35.3 Å². The first-order valence-corrected chi connectivity index (χ1v) is 12.1. The molecule has 0 unspecified atom stereocenters. The van der Waals surface area contributed by atoms with Crippen LogP contribution in [0.3, 0.4) is 0 Å². The van der Waals surface area contributed by atoms with Crippen molar-refractivity contribution in [3.8, 4) is 17.2 Å². The van der Waals surface area contributed by atoms with E-state index in [0.29, 0.717) is 56.1 Å². The van der Waals surface area contributed by atoms with Crippen LogP contribution in [0.5, 0.6) is 17.2 Å². The lowest BCUT2D eigenvalue weighted by molar-refractivity contribution is 0.0955. The van der Waals surface area contributed by atoms with Gasteiger partial charge < -0.3 is 14.2 Å². The standard InChI is InChI=1S/C25H23BrCl2N2O4/c1-3-32-20-9-6-17(7-10-20)25(31)30-29-14-16-11-21(26)24(23(12-16)33-4-2)34-15-18-5-8-19(27)13-22(18)28/h5-14H,3-4,15H2,1-2H3,(H,30,31)/b29-14-. The van der Waals surface area contributed by atoms with E-state index in [0.717, 1.165) is 5.56 Å². The van der Waals surface area contributed by atoms with Gasteiger partial charge in [-0.05, 0) is 83.9 Å². The van der Waals surface area contributed by atoms with E-state index in [9.17, 15) is 4.79 Å². The highest BCUT2D eigenvalue weighted by Gasteiger charge is 2.13. The molecule has 0 aliphatic heterocycles. The first-order chi connectivity index (χ1) is 16.4. The fourth-order valence-electron chi connectivity index (χ4n) is 2.95. The van der Waals surface area contributed by atoms with Crippen molar-refractivity contribution in [2.45, 2.75) is 20.5 Å². The number of carbonyl (C=O) groups is 1. The van der Waals surface area contributed by atoms with Crippen LogP contribution in [0.2, 0.25) is 10.0 Å². The summed E-state index contributed by atoms with van der Waals surface area (Å²) in [5, 5.41) is 5.14. The zero-order valence-electron chi connectivity index (χ0n) is 18.6. The molecule has 0 spiro atoms. The maximum absolute atomic E-state index is 12.3. The third-order valence-electron chi connectivity index (χ3n) is 4.53. The van der Waals surface area contributed by atoms with Gasteiger partial charge in [0.2, 0.25) is 0 Å². The minimum atomic E-state index is -0.330. The highest BCUT2D eigenvalue weighted by Crippen LogP contribution is 2.37. The Hall–Kier alpha value is -2.74. The van der Waals surface area contributed by atoms with Gasteiger partial charge in [0, 0.05) is 21.2 Å². The number of rotatable bonds is 10. The molecule has 6 nitrogen and oxygen atoms in total. The number of nitrogens with one attached hydrogen (secondary N) is 1. The topological polar surface area (TPSA) is 69.2 Å². The van der Waals surface area contributed by atoms with Crippen LogP contribution in [0.15, 0.2) is 64.2 Å². The number of carbonyl (C=O) groups excluding carboxylic acids is 1. The lowest BCUT2D eigenvalue weighted by atomic mass is 10.2. The molecular weight excluding hydrogens is 543 g/mol. The number of ether oxygens (including phenoxy) is 3. The van der Waals surface area contributed by atoms with Crippen LogP contribution < -0.4 is 19.6 Å². The lowest BCUT2D eigenvalue weighted by Gasteiger charge is -2.15. The van der Waals surface area contributed by atoms with Crippen molar-refractivity contribution >= 4 is 51.3 Å². The van der Waals surface area contributed by atoms with E-state index >= 15 is 0 Å². The SMILES string of the molecule is CCOc1ccc(C(=O)N/N=C\c2cc(Br)c(OCc3ccc(Cl)cc3Cl)c(OCC)c2)cc1. The summed E-state index contributed by atoms with van der Waals surface area (Å²) in [5.41, 5.74) is 4.49. The summed E-state index contributed by atoms with van der Waals surface area (Å²) in [6.45, 7) is 5.03. The largest absolute Gasteiger partial charge is 0.494 e. The van der Waals surface area contributed by atoms with Gasteiger partial charge in [0.05, 0.1) is 23.9 Å². The van der Waals surface area contributed by atoms with Gasteiger partial charge in [-0.2, -0.15) is 5.10 Å².